The third kappa shape index (κ3) is 3.88. The van der Waals surface area contributed by atoms with Gasteiger partial charge in [-0.1, -0.05) is 18.2 Å². The highest BCUT2D eigenvalue weighted by Gasteiger charge is 2.20. The number of ether oxygens (including phenoxy) is 1. The van der Waals surface area contributed by atoms with Crippen molar-refractivity contribution in [2.45, 2.75) is 44.8 Å². The van der Waals surface area contributed by atoms with Crippen LogP contribution in [0.3, 0.4) is 0 Å². The summed E-state index contributed by atoms with van der Waals surface area (Å²) in [5.74, 6) is 1.92. The van der Waals surface area contributed by atoms with E-state index in [0.29, 0.717) is 12.6 Å². The molecule has 3 heterocycles. The first kappa shape index (κ1) is 17.0. The van der Waals surface area contributed by atoms with Crippen LogP contribution >= 0.6 is 0 Å². The second kappa shape index (κ2) is 7.86. The largest absolute Gasteiger partial charge is 0.483 e. The Bertz CT molecular complexity index is 754. The Morgan fingerprint density at radius 2 is 2.12 bits per heavy atom. The summed E-state index contributed by atoms with van der Waals surface area (Å²) in [4.78, 5) is 18.3. The number of carbonyl (C=O) groups excluding carboxylic acids is 1. The van der Waals surface area contributed by atoms with E-state index in [2.05, 4.69) is 15.4 Å². The van der Waals surface area contributed by atoms with Crippen molar-refractivity contribution in [3.05, 3.63) is 42.0 Å². The number of hydrogen-bond donors (Lipinski definition) is 1. The summed E-state index contributed by atoms with van der Waals surface area (Å²) in [5.41, 5.74) is 1.08. The maximum absolute atomic E-state index is 12.2. The maximum atomic E-state index is 12.2. The van der Waals surface area contributed by atoms with Crippen molar-refractivity contribution >= 4 is 5.91 Å². The molecule has 26 heavy (non-hydrogen) atoms. The minimum Gasteiger partial charge on any atom is -0.483 e. The van der Waals surface area contributed by atoms with Gasteiger partial charge >= 0.3 is 0 Å². The summed E-state index contributed by atoms with van der Waals surface area (Å²) in [7, 11) is 0. The van der Waals surface area contributed by atoms with Gasteiger partial charge in [-0.25, -0.2) is 9.67 Å². The highest BCUT2D eigenvalue weighted by molar-refractivity contribution is 5.78. The Morgan fingerprint density at radius 3 is 3.00 bits per heavy atom. The normalized spacial score (nSPS) is 19.4. The van der Waals surface area contributed by atoms with Gasteiger partial charge in [0.1, 0.15) is 17.9 Å². The molecule has 0 bridgehead atoms. The number of amides is 1. The number of rotatable bonds is 6. The molecule has 1 N–H and O–H groups in total. The Morgan fingerprint density at radius 1 is 1.27 bits per heavy atom. The number of hydrogen-bond acceptors (Lipinski definition) is 5. The monoisotopic (exact) mass is 355 g/mol. The van der Waals surface area contributed by atoms with Crippen molar-refractivity contribution in [2.75, 3.05) is 19.7 Å². The lowest BCUT2D eigenvalue weighted by Crippen LogP contribution is -2.37. The first-order valence-electron chi connectivity index (χ1n) is 9.38. The number of nitrogens with one attached hydrogen (secondary N) is 1. The Hall–Kier alpha value is -2.41. The van der Waals surface area contributed by atoms with E-state index in [0.717, 1.165) is 62.5 Å². The maximum Gasteiger partial charge on any atom is 0.260 e. The van der Waals surface area contributed by atoms with Crippen molar-refractivity contribution in [2.24, 2.45) is 0 Å². The van der Waals surface area contributed by atoms with E-state index in [1.54, 1.807) is 6.33 Å². The van der Waals surface area contributed by atoms with Gasteiger partial charge in [0, 0.05) is 37.7 Å². The topological polar surface area (TPSA) is 72.3 Å². The Balaban J connectivity index is 1.32. The van der Waals surface area contributed by atoms with Crippen LogP contribution in [0.15, 0.2) is 30.6 Å². The molecule has 1 saturated heterocycles. The van der Waals surface area contributed by atoms with Crippen LogP contribution in [0, 0.1) is 0 Å². The van der Waals surface area contributed by atoms with Crippen molar-refractivity contribution < 1.29 is 9.53 Å². The summed E-state index contributed by atoms with van der Waals surface area (Å²) in [6.07, 6.45) is 5.82. The van der Waals surface area contributed by atoms with E-state index in [-0.39, 0.29) is 12.5 Å². The molecule has 2 aliphatic heterocycles. The van der Waals surface area contributed by atoms with Gasteiger partial charge in [-0.15, -0.1) is 0 Å². The van der Waals surface area contributed by atoms with E-state index in [9.17, 15) is 4.79 Å². The molecule has 0 saturated carbocycles. The number of carbonyl (C=O) groups is 1. The molecule has 138 valence electrons. The molecular weight excluding hydrogens is 330 g/mol. The number of benzene rings is 1. The first-order chi connectivity index (χ1) is 12.8. The lowest BCUT2D eigenvalue weighted by atomic mass is 10.1. The van der Waals surface area contributed by atoms with Crippen molar-refractivity contribution in [1.29, 1.82) is 0 Å². The number of aromatic nitrogens is 3. The van der Waals surface area contributed by atoms with Crippen molar-refractivity contribution in [3.8, 4) is 5.75 Å². The Kier molecular flexibility index (Phi) is 5.15. The van der Waals surface area contributed by atoms with Crippen LogP contribution in [0.2, 0.25) is 0 Å². The lowest BCUT2D eigenvalue weighted by Gasteiger charge is -2.24. The number of para-hydroxylation sites is 1. The van der Waals surface area contributed by atoms with Gasteiger partial charge in [0.2, 0.25) is 0 Å². The molecule has 2 aromatic rings. The molecular formula is C19H25N5O2. The molecule has 0 spiro atoms. The zero-order valence-electron chi connectivity index (χ0n) is 14.9. The van der Waals surface area contributed by atoms with Crippen LogP contribution in [0.25, 0.3) is 0 Å². The highest BCUT2D eigenvalue weighted by atomic mass is 16.5. The smallest absolute Gasteiger partial charge is 0.260 e. The van der Waals surface area contributed by atoms with Crippen LogP contribution in [0.5, 0.6) is 5.75 Å². The second-order valence-electron chi connectivity index (χ2n) is 6.96. The molecule has 0 radical (unpaired) electrons. The predicted molar refractivity (Wildman–Crippen MR) is 96.7 cm³/mol. The highest BCUT2D eigenvalue weighted by Crippen LogP contribution is 2.19. The van der Waals surface area contributed by atoms with Crippen LogP contribution in [-0.4, -0.2) is 51.3 Å². The molecule has 1 atom stereocenters. The van der Waals surface area contributed by atoms with Gasteiger partial charge in [-0.05, 0) is 25.3 Å². The SMILES string of the molecule is O=C(COc1ccccc1CNC1CCc2ncnn2C1)N1CCCC1. The van der Waals surface area contributed by atoms with Crippen LogP contribution in [-0.2, 0) is 24.3 Å². The van der Waals surface area contributed by atoms with Gasteiger partial charge in [0.05, 0.1) is 6.54 Å². The van der Waals surface area contributed by atoms with Crippen LogP contribution < -0.4 is 10.1 Å². The van der Waals surface area contributed by atoms with Crippen molar-refractivity contribution in [3.63, 3.8) is 0 Å². The third-order valence-corrected chi connectivity index (χ3v) is 5.17. The summed E-state index contributed by atoms with van der Waals surface area (Å²) < 4.78 is 7.81. The van der Waals surface area contributed by atoms with Gasteiger partial charge in [0.25, 0.3) is 5.91 Å². The van der Waals surface area contributed by atoms with E-state index in [1.807, 2.05) is 33.8 Å². The third-order valence-electron chi connectivity index (χ3n) is 5.17. The molecule has 1 amide bonds. The number of likely N-dealkylation sites (tertiary alicyclic amines) is 1. The number of aryl methyl sites for hydroxylation is 1. The zero-order valence-corrected chi connectivity index (χ0v) is 14.9. The number of nitrogens with zero attached hydrogens (tertiary/aromatic N) is 4. The Labute approximate surface area is 153 Å². The fourth-order valence-corrected chi connectivity index (χ4v) is 3.65. The van der Waals surface area contributed by atoms with E-state index in [1.165, 1.54) is 0 Å². The molecule has 1 aromatic heterocycles. The minimum absolute atomic E-state index is 0.0799. The quantitative estimate of drug-likeness (QED) is 0.848. The first-order valence-corrected chi connectivity index (χ1v) is 9.38. The average Bonchev–Trinajstić information content (AvgIpc) is 3.36. The average molecular weight is 355 g/mol. The van der Waals surface area contributed by atoms with Gasteiger partial charge in [-0.2, -0.15) is 5.10 Å². The van der Waals surface area contributed by atoms with Crippen LogP contribution in [0.4, 0.5) is 0 Å². The van der Waals surface area contributed by atoms with Gasteiger partial charge in [-0.3, -0.25) is 4.79 Å². The molecule has 1 fully saturated rings. The lowest BCUT2D eigenvalue weighted by molar-refractivity contribution is -0.132. The van der Waals surface area contributed by atoms with E-state index in [4.69, 9.17) is 4.74 Å². The van der Waals surface area contributed by atoms with E-state index < -0.39 is 0 Å². The zero-order chi connectivity index (χ0) is 17.8. The summed E-state index contributed by atoms with van der Waals surface area (Å²) >= 11 is 0. The molecule has 0 aliphatic carbocycles. The molecule has 7 heteroatoms. The summed E-state index contributed by atoms with van der Waals surface area (Å²) in [5, 5.41) is 7.85. The molecule has 1 unspecified atom stereocenters. The van der Waals surface area contributed by atoms with Crippen molar-refractivity contribution in [1.82, 2.24) is 25.0 Å². The number of fused-ring (bicyclic) bond motifs is 1. The fraction of sp³-hybridized carbons (Fsp3) is 0.526. The molecule has 2 aliphatic rings. The summed E-state index contributed by atoms with van der Waals surface area (Å²) in [6.45, 7) is 3.38. The second-order valence-corrected chi connectivity index (χ2v) is 6.96. The molecule has 4 rings (SSSR count). The molecule has 1 aromatic carbocycles. The van der Waals surface area contributed by atoms with E-state index >= 15 is 0 Å². The molecule has 7 nitrogen and oxygen atoms in total. The summed E-state index contributed by atoms with van der Waals surface area (Å²) in [6, 6.07) is 8.30. The fourth-order valence-electron chi connectivity index (χ4n) is 3.65. The minimum atomic E-state index is 0.0799. The van der Waals surface area contributed by atoms with Gasteiger partial charge < -0.3 is 15.0 Å². The predicted octanol–water partition coefficient (Wildman–Crippen LogP) is 1.38. The standard InChI is InChI=1S/C19H25N5O2/c25-19(23-9-3-4-10-23)13-26-17-6-2-1-5-15(17)11-20-16-7-8-18-21-14-22-24(18)12-16/h1-2,5-6,14,16,20H,3-4,7-13H2. The van der Waals surface area contributed by atoms with Gasteiger partial charge in [0.15, 0.2) is 6.61 Å². The van der Waals surface area contributed by atoms with Crippen LogP contribution in [0.1, 0.15) is 30.7 Å².